The number of benzene rings is 2. The molecular weight excluding hydrogens is 466 g/mol. The summed E-state index contributed by atoms with van der Waals surface area (Å²) >= 11 is 3.41. The van der Waals surface area contributed by atoms with Crippen molar-refractivity contribution >= 4 is 38.6 Å². The predicted octanol–water partition coefficient (Wildman–Crippen LogP) is 3.40. The summed E-state index contributed by atoms with van der Waals surface area (Å²) in [5, 5.41) is 3.22. The van der Waals surface area contributed by atoms with Crippen LogP contribution in [0, 0.1) is 0 Å². The molecule has 2 aliphatic heterocycles. The largest absolute Gasteiger partial charge is 0.439 e. The molecule has 31 heavy (non-hydrogen) atoms. The summed E-state index contributed by atoms with van der Waals surface area (Å²) in [4.78, 5) is 38.9. The molecule has 1 N–H and O–H groups in total. The zero-order chi connectivity index (χ0) is 21.7. The van der Waals surface area contributed by atoms with Gasteiger partial charge in [-0.15, -0.1) is 0 Å². The molecule has 0 radical (unpaired) electrons. The first-order valence-electron chi connectivity index (χ1n) is 9.69. The number of fused-ring (bicyclic) bond motifs is 3. The molecule has 0 spiro atoms. The van der Waals surface area contributed by atoms with Gasteiger partial charge in [-0.3, -0.25) is 14.9 Å². The summed E-state index contributed by atoms with van der Waals surface area (Å²) in [5.41, 5.74) is 0.800. The number of ketones is 1. The van der Waals surface area contributed by atoms with E-state index < -0.39 is 29.3 Å². The summed E-state index contributed by atoms with van der Waals surface area (Å²) in [6.45, 7) is 1.88. The lowest BCUT2D eigenvalue weighted by Gasteiger charge is -2.34. The summed E-state index contributed by atoms with van der Waals surface area (Å²) < 4.78 is 17.8. The van der Waals surface area contributed by atoms with Gasteiger partial charge in [0.05, 0.1) is 22.4 Å². The first kappa shape index (κ1) is 19.7. The average molecular weight is 482 g/mol. The number of carbonyl (C=O) groups is 2. The molecule has 1 aromatic heterocycles. The van der Waals surface area contributed by atoms with Crippen LogP contribution < -0.4 is 15.7 Å². The monoisotopic (exact) mass is 481 g/mol. The third kappa shape index (κ3) is 3.10. The van der Waals surface area contributed by atoms with Gasteiger partial charge in [-0.1, -0.05) is 40.2 Å². The lowest BCUT2D eigenvalue weighted by molar-refractivity contribution is -0.143. The van der Waals surface area contributed by atoms with Gasteiger partial charge in [0, 0.05) is 11.1 Å². The molecule has 2 aromatic carbocycles. The molecule has 8 heteroatoms. The molecule has 7 nitrogen and oxygen atoms in total. The molecule has 5 rings (SSSR count). The third-order valence-corrected chi connectivity index (χ3v) is 5.87. The fraction of sp³-hybridized carbons (Fsp3) is 0.174. The Hall–Kier alpha value is -3.23. The molecular formula is C23H16BrNO6. The maximum absolute atomic E-state index is 13.3. The van der Waals surface area contributed by atoms with Gasteiger partial charge >= 0.3 is 5.63 Å². The van der Waals surface area contributed by atoms with E-state index in [1.807, 2.05) is 24.3 Å². The molecule has 2 atom stereocenters. The van der Waals surface area contributed by atoms with E-state index in [-0.39, 0.29) is 29.4 Å². The van der Waals surface area contributed by atoms with Crippen LogP contribution in [-0.2, 0) is 14.3 Å². The molecule has 0 fully saturated rings. The van der Waals surface area contributed by atoms with Gasteiger partial charge in [0.15, 0.2) is 11.9 Å². The highest BCUT2D eigenvalue weighted by molar-refractivity contribution is 9.10. The fourth-order valence-corrected chi connectivity index (χ4v) is 4.28. The van der Waals surface area contributed by atoms with Crippen LogP contribution in [-0.4, -0.2) is 24.4 Å². The number of halogens is 1. The quantitative estimate of drug-likeness (QED) is 0.455. The van der Waals surface area contributed by atoms with Crippen LogP contribution in [0.25, 0.3) is 11.0 Å². The fourth-order valence-electron chi connectivity index (χ4n) is 4.02. The van der Waals surface area contributed by atoms with Gasteiger partial charge in [-0.05, 0) is 36.8 Å². The molecule has 0 unspecified atom stereocenters. The van der Waals surface area contributed by atoms with Crippen molar-refractivity contribution in [2.24, 2.45) is 0 Å². The second-order valence-electron chi connectivity index (χ2n) is 7.15. The Bertz CT molecular complexity index is 1320. The van der Waals surface area contributed by atoms with Crippen molar-refractivity contribution < 1.29 is 23.5 Å². The zero-order valence-corrected chi connectivity index (χ0v) is 17.9. The number of para-hydroxylation sites is 1. The number of rotatable bonds is 3. The van der Waals surface area contributed by atoms with Crippen LogP contribution in [0.5, 0.6) is 5.75 Å². The summed E-state index contributed by atoms with van der Waals surface area (Å²) in [7, 11) is 0. The number of nitrogens with one attached hydrogen (secondary N) is 1. The zero-order valence-electron chi connectivity index (χ0n) is 16.3. The molecule has 0 saturated carbocycles. The Morgan fingerprint density at radius 1 is 1.06 bits per heavy atom. The van der Waals surface area contributed by atoms with Gasteiger partial charge in [0.25, 0.3) is 5.91 Å². The highest BCUT2D eigenvalue weighted by atomic mass is 79.9. The van der Waals surface area contributed by atoms with E-state index >= 15 is 0 Å². The van der Waals surface area contributed by atoms with Gasteiger partial charge in [0.2, 0.25) is 11.7 Å². The van der Waals surface area contributed by atoms with Crippen LogP contribution in [0.1, 0.15) is 24.0 Å². The SMILES string of the molecule is CCO[C@@H]1C(=O)NC2=C(C1=O)[C@H](c1ccc(Br)cc1)c1c(c3ccccc3oc1=O)O2. The Labute approximate surface area is 184 Å². The second kappa shape index (κ2) is 7.47. The van der Waals surface area contributed by atoms with E-state index in [9.17, 15) is 14.4 Å². The predicted molar refractivity (Wildman–Crippen MR) is 115 cm³/mol. The van der Waals surface area contributed by atoms with Crippen LogP contribution in [0.3, 0.4) is 0 Å². The van der Waals surface area contributed by atoms with Crippen molar-refractivity contribution in [1.82, 2.24) is 5.32 Å². The van der Waals surface area contributed by atoms with E-state index in [4.69, 9.17) is 13.9 Å². The smallest absolute Gasteiger partial charge is 0.344 e. The van der Waals surface area contributed by atoms with Crippen LogP contribution >= 0.6 is 15.9 Å². The second-order valence-corrected chi connectivity index (χ2v) is 8.06. The first-order valence-corrected chi connectivity index (χ1v) is 10.5. The highest BCUT2D eigenvalue weighted by Crippen LogP contribution is 2.45. The summed E-state index contributed by atoms with van der Waals surface area (Å²) in [5.74, 6) is -1.64. The van der Waals surface area contributed by atoms with Gasteiger partial charge in [-0.2, -0.15) is 0 Å². The number of hydrogen-bond donors (Lipinski definition) is 1. The Morgan fingerprint density at radius 2 is 1.81 bits per heavy atom. The lowest BCUT2D eigenvalue weighted by atomic mass is 9.79. The van der Waals surface area contributed by atoms with E-state index in [0.717, 1.165) is 4.47 Å². The van der Waals surface area contributed by atoms with E-state index in [1.54, 1.807) is 31.2 Å². The standard InChI is InChI=1S/C23H16BrNO6/c1-2-29-20-18(26)16-15(11-7-9-12(24)10-8-11)17-19(31-22(16)25-21(20)27)13-5-3-4-6-14(13)30-23(17)28/h3-10,15,20H,2H2,1H3,(H,25,27)/t15-,20-/m0/s1. The van der Waals surface area contributed by atoms with Crippen molar-refractivity contribution in [3.8, 4) is 5.75 Å². The molecule has 2 aliphatic rings. The maximum atomic E-state index is 13.3. The lowest BCUT2D eigenvalue weighted by Crippen LogP contribution is -2.51. The van der Waals surface area contributed by atoms with Crippen molar-refractivity contribution in [2.45, 2.75) is 18.9 Å². The van der Waals surface area contributed by atoms with Gasteiger partial charge < -0.3 is 13.9 Å². The number of carbonyl (C=O) groups excluding carboxylic acids is 2. The molecule has 0 aliphatic carbocycles. The normalized spacial score (nSPS) is 20.2. The van der Waals surface area contributed by atoms with Crippen molar-refractivity contribution in [3.05, 3.63) is 86.0 Å². The maximum Gasteiger partial charge on any atom is 0.344 e. The van der Waals surface area contributed by atoms with Crippen LogP contribution in [0.2, 0.25) is 0 Å². The Balaban J connectivity index is 1.81. The average Bonchev–Trinajstić information content (AvgIpc) is 2.76. The molecule has 0 saturated heterocycles. The van der Waals surface area contributed by atoms with Crippen LogP contribution in [0.4, 0.5) is 0 Å². The van der Waals surface area contributed by atoms with Gasteiger partial charge in [0.1, 0.15) is 5.58 Å². The number of ether oxygens (including phenoxy) is 2. The third-order valence-electron chi connectivity index (χ3n) is 5.34. The molecule has 3 aromatic rings. The molecule has 1 amide bonds. The minimum atomic E-state index is -1.31. The minimum Gasteiger partial charge on any atom is -0.439 e. The Morgan fingerprint density at radius 3 is 2.55 bits per heavy atom. The van der Waals surface area contributed by atoms with Crippen LogP contribution in [0.15, 0.2) is 73.7 Å². The topological polar surface area (TPSA) is 94.8 Å². The summed E-state index contributed by atoms with van der Waals surface area (Å²) in [6, 6.07) is 14.2. The van der Waals surface area contributed by atoms with E-state index in [2.05, 4.69) is 21.2 Å². The van der Waals surface area contributed by atoms with Crippen molar-refractivity contribution in [1.29, 1.82) is 0 Å². The molecule has 0 bridgehead atoms. The first-order chi connectivity index (χ1) is 15.0. The summed E-state index contributed by atoms with van der Waals surface area (Å²) in [6.07, 6.45) is -1.31. The van der Waals surface area contributed by atoms with Crippen molar-refractivity contribution in [2.75, 3.05) is 6.61 Å². The molecule has 3 heterocycles. The van der Waals surface area contributed by atoms with E-state index in [0.29, 0.717) is 16.5 Å². The number of hydrogen-bond acceptors (Lipinski definition) is 6. The van der Waals surface area contributed by atoms with Gasteiger partial charge in [-0.25, -0.2) is 4.79 Å². The minimum absolute atomic E-state index is 0.0159. The highest BCUT2D eigenvalue weighted by Gasteiger charge is 2.46. The number of amides is 1. The Kier molecular flexibility index (Phi) is 4.75. The molecule has 156 valence electrons. The van der Waals surface area contributed by atoms with Crippen molar-refractivity contribution in [3.63, 3.8) is 0 Å². The van der Waals surface area contributed by atoms with E-state index in [1.165, 1.54) is 0 Å². The number of Topliss-reactive ketones (excluding diaryl/α,β-unsaturated/α-hetero) is 1.